The number of anilines is 2. The number of nitrogens with one attached hydrogen (secondary N) is 3. The molecule has 1 aliphatic rings. The minimum absolute atomic E-state index is 0.132. The minimum atomic E-state index is -0.132. The highest BCUT2D eigenvalue weighted by Crippen LogP contribution is 2.27. The monoisotopic (exact) mass is 394 g/mol. The number of aliphatic hydroxyl groups is 1. The summed E-state index contributed by atoms with van der Waals surface area (Å²) in [6, 6.07) is 12.3. The summed E-state index contributed by atoms with van der Waals surface area (Å²) >= 11 is 0. The molecule has 2 aromatic heterocycles. The third-order valence-corrected chi connectivity index (χ3v) is 5.75. The zero-order valence-electron chi connectivity index (χ0n) is 17.2. The maximum Gasteiger partial charge on any atom is 0.163 e. The molecule has 1 fully saturated rings. The summed E-state index contributed by atoms with van der Waals surface area (Å²) in [5, 5.41) is 24.8. The van der Waals surface area contributed by atoms with E-state index >= 15 is 0 Å². The van der Waals surface area contributed by atoms with E-state index in [-0.39, 0.29) is 12.0 Å². The van der Waals surface area contributed by atoms with Gasteiger partial charge in [-0.2, -0.15) is 9.61 Å². The molecule has 0 spiro atoms. The van der Waals surface area contributed by atoms with Crippen LogP contribution in [-0.4, -0.2) is 45.9 Å². The van der Waals surface area contributed by atoms with E-state index in [1.807, 2.05) is 35.0 Å². The quantitative estimate of drug-likeness (QED) is 0.470. The number of hydrogen-bond donors (Lipinski definition) is 4. The molecule has 1 aliphatic heterocycles. The molecule has 7 heteroatoms. The van der Waals surface area contributed by atoms with E-state index in [4.69, 9.17) is 4.98 Å². The Morgan fingerprint density at radius 2 is 2.07 bits per heavy atom. The fourth-order valence-corrected chi connectivity index (χ4v) is 3.81. The van der Waals surface area contributed by atoms with E-state index < -0.39 is 0 Å². The second-order valence-corrected chi connectivity index (χ2v) is 8.29. The summed E-state index contributed by atoms with van der Waals surface area (Å²) < 4.78 is 1.88. The largest absolute Gasteiger partial charge is 0.396 e. The molecule has 0 bridgehead atoms. The van der Waals surface area contributed by atoms with Gasteiger partial charge < -0.3 is 21.1 Å². The number of aromatic nitrogens is 3. The van der Waals surface area contributed by atoms with Crippen molar-refractivity contribution < 1.29 is 5.11 Å². The molecule has 1 unspecified atom stereocenters. The third-order valence-electron chi connectivity index (χ3n) is 5.75. The molecule has 0 saturated carbocycles. The molecule has 3 heterocycles. The third kappa shape index (κ3) is 4.21. The molecule has 0 amide bonds. The van der Waals surface area contributed by atoms with Gasteiger partial charge in [0, 0.05) is 36.7 Å². The lowest BCUT2D eigenvalue weighted by molar-refractivity contribution is 0.154. The Kier molecular flexibility index (Phi) is 5.69. The number of nitrogens with zero attached hydrogens (tertiary/aromatic N) is 3. The topological polar surface area (TPSA) is 86.5 Å². The first-order chi connectivity index (χ1) is 14.1. The Morgan fingerprint density at radius 3 is 2.76 bits per heavy atom. The van der Waals surface area contributed by atoms with Gasteiger partial charge in [-0.25, -0.2) is 4.98 Å². The molecule has 154 valence electrons. The zero-order valence-corrected chi connectivity index (χ0v) is 17.2. The number of rotatable bonds is 8. The Labute approximate surface area is 171 Å². The van der Waals surface area contributed by atoms with Gasteiger partial charge in [0.25, 0.3) is 0 Å². The predicted octanol–water partition coefficient (Wildman–Crippen LogP) is 2.85. The first-order valence-electron chi connectivity index (χ1n) is 10.3. The molecule has 29 heavy (non-hydrogen) atoms. The highest BCUT2D eigenvalue weighted by molar-refractivity contribution is 5.61. The summed E-state index contributed by atoms with van der Waals surface area (Å²) in [7, 11) is 0. The lowest BCUT2D eigenvalue weighted by atomic mass is 9.88. The van der Waals surface area contributed by atoms with Crippen molar-refractivity contribution in [2.75, 3.05) is 36.9 Å². The van der Waals surface area contributed by atoms with Gasteiger partial charge in [-0.3, -0.25) is 0 Å². The average molecular weight is 395 g/mol. The van der Waals surface area contributed by atoms with Crippen LogP contribution in [0.25, 0.3) is 5.65 Å². The molecular formula is C22H30N6O. The molecule has 4 N–H and O–H groups in total. The maximum absolute atomic E-state index is 9.89. The smallest absolute Gasteiger partial charge is 0.163 e. The van der Waals surface area contributed by atoms with Crippen LogP contribution in [-0.2, 0) is 6.54 Å². The van der Waals surface area contributed by atoms with Crippen LogP contribution in [0.15, 0.2) is 42.6 Å². The summed E-state index contributed by atoms with van der Waals surface area (Å²) in [6.07, 6.45) is 2.86. The van der Waals surface area contributed by atoms with Crippen LogP contribution in [0.1, 0.15) is 37.3 Å². The molecule has 1 saturated heterocycles. The van der Waals surface area contributed by atoms with E-state index in [1.165, 1.54) is 5.56 Å². The summed E-state index contributed by atoms with van der Waals surface area (Å²) in [4.78, 5) is 4.85. The fraction of sp³-hybridized carbons (Fsp3) is 0.455. The number of fused-ring (bicyclic) bond motifs is 1. The van der Waals surface area contributed by atoms with Gasteiger partial charge in [0.15, 0.2) is 5.65 Å². The molecule has 7 nitrogen and oxygen atoms in total. The van der Waals surface area contributed by atoms with Crippen LogP contribution in [0.3, 0.4) is 0 Å². The molecule has 3 aromatic rings. The number of aliphatic hydroxyl groups excluding tert-OH is 1. The first-order valence-corrected chi connectivity index (χ1v) is 10.3. The van der Waals surface area contributed by atoms with Gasteiger partial charge in [-0.1, -0.05) is 44.2 Å². The molecule has 4 rings (SSSR count). The van der Waals surface area contributed by atoms with Crippen LogP contribution in [0, 0.1) is 5.41 Å². The van der Waals surface area contributed by atoms with Crippen molar-refractivity contribution in [1.82, 2.24) is 19.9 Å². The van der Waals surface area contributed by atoms with Crippen LogP contribution in [0.5, 0.6) is 0 Å². The van der Waals surface area contributed by atoms with Crippen molar-refractivity contribution in [2.24, 2.45) is 5.41 Å². The van der Waals surface area contributed by atoms with Crippen molar-refractivity contribution >= 4 is 17.3 Å². The number of hydrogen-bond acceptors (Lipinski definition) is 6. The van der Waals surface area contributed by atoms with E-state index in [0.29, 0.717) is 19.0 Å². The van der Waals surface area contributed by atoms with E-state index in [1.54, 1.807) is 0 Å². The van der Waals surface area contributed by atoms with Crippen LogP contribution < -0.4 is 16.0 Å². The normalized spacial score (nSPS) is 19.2. The van der Waals surface area contributed by atoms with Crippen LogP contribution >= 0.6 is 0 Å². The van der Waals surface area contributed by atoms with Crippen molar-refractivity contribution in [1.29, 1.82) is 0 Å². The Hall–Kier alpha value is -2.64. The van der Waals surface area contributed by atoms with E-state index in [0.717, 1.165) is 42.4 Å². The van der Waals surface area contributed by atoms with Crippen molar-refractivity contribution in [3.05, 3.63) is 53.7 Å². The van der Waals surface area contributed by atoms with Gasteiger partial charge in [0.1, 0.15) is 11.6 Å². The van der Waals surface area contributed by atoms with E-state index in [2.05, 4.69) is 47.0 Å². The van der Waals surface area contributed by atoms with Gasteiger partial charge in [0.2, 0.25) is 0 Å². The SMILES string of the molecule is CC(C)c1cnn2c(NCc3ccccc3)cc(NCC3(CO)CCNC3)nc12. The minimum Gasteiger partial charge on any atom is -0.396 e. The molecular weight excluding hydrogens is 364 g/mol. The summed E-state index contributed by atoms with van der Waals surface area (Å²) in [5.41, 5.74) is 3.06. The Bertz CT molecular complexity index is 947. The van der Waals surface area contributed by atoms with Gasteiger partial charge >= 0.3 is 0 Å². The highest BCUT2D eigenvalue weighted by Gasteiger charge is 2.33. The Balaban J connectivity index is 1.62. The second kappa shape index (κ2) is 8.39. The predicted molar refractivity (Wildman–Crippen MR) is 116 cm³/mol. The number of benzene rings is 1. The van der Waals surface area contributed by atoms with Crippen molar-refractivity contribution in [2.45, 2.75) is 32.7 Å². The summed E-state index contributed by atoms with van der Waals surface area (Å²) in [5.74, 6) is 2.03. The van der Waals surface area contributed by atoms with Gasteiger partial charge in [-0.15, -0.1) is 0 Å². The van der Waals surface area contributed by atoms with Crippen LogP contribution in [0.4, 0.5) is 11.6 Å². The highest BCUT2D eigenvalue weighted by atomic mass is 16.3. The van der Waals surface area contributed by atoms with Crippen LogP contribution in [0.2, 0.25) is 0 Å². The second-order valence-electron chi connectivity index (χ2n) is 8.29. The van der Waals surface area contributed by atoms with Crippen molar-refractivity contribution in [3.63, 3.8) is 0 Å². The molecule has 1 aromatic carbocycles. The standard InChI is InChI=1S/C22H30N6O/c1-16(2)18-12-26-28-20(24-11-17-6-4-3-5-7-17)10-19(27-21(18)28)25-14-22(15-29)8-9-23-13-22/h3-7,10,12,16,23-24,29H,8-9,11,13-15H2,1-2H3,(H,25,27). The molecule has 0 aliphatic carbocycles. The lowest BCUT2D eigenvalue weighted by Gasteiger charge is -2.26. The van der Waals surface area contributed by atoms with E-state index in [9.17, 15) is 5.11 Å². The molecule has 0 radical (unpaired) electrons. The lowest BCUT2D eigenvalue weighted by Crippen LogP contribution is -2.35. The van der Waals surface area contributed by atoms with Gasteiger partial charge in [0.05, 0.1) is 12.8 Å². The van der Waals surface area contributed by atoms with Crippen molar-refractivity contribution in [3.8, 4) is 0 Å². The average Bonchev–Trinajstić information content (AvgIpc) is 3.39. The zero-order chi connectivity index (χ0) is 20.3. The Morgan fingerprint density at radius 1 is 1.24 bits per heavy atom. The first kappa shape index (κ1) is 19.7. The maximum atomic E-state index is 9.89. The van der Waals surface area contributed by atoms with Gasteiger partial charge in [-0.05, 0) is 24.4 Å². The fourth-order valence-electron chi connectivity index (χ4n) is 3.81. The summed E-state index contributed by atoms with van der Waals surface area (Å²) in [6.45, 7) is 7.63. The molecule has 1 atom stereocenters.